The Balaban J connectivity index is 0.864. The van der Waals surface area contributed by atoms with E-state index < -0.39 is 242 Å². The maximum atomic E-state index is 15.5. The monoisotopic (exact) mass is 1450 g/mol. The first kappa shape index (κ1) is 78.5. The van der Waals surface area contributed by atoms with Crippen LogP contribution in [0, 0.1) is 75.4 Å². The Morgan fingerprint density at radius 1 is 0.618 bits per heavy atom. The number of allylic oxidation sites excluding steroid dienone is 2. The van der Waals surface area contributed by atoms with Gasteiger partial charge in [0.2, 0.25) is 6.29 Å². The summed E-state index contributed by atoms with van der Waals surface area (Å²) in [5, 5.41) is 134. The van der Waals surface area contributed by atoms with Gasteiger partial charge in [0.15, 0.2) is 37.2 Å². The molecule has 10 aliphatic rings. The predicted molar refractivity (Wildman–Crippen MR) is 350 cm³/mol. The van der Waals surface area contributed by atoms with Crippen molar-refractivity contribution in [1.29, 1.82) is 0 Å². The van der Waals surface area contributed by atoms with Gasteiger partial charge in [0, 0.05) is 31.4 Å². The van der Waals surface area contributed by atoms with Crippen molar-refractivity contribution >= 4 is 36.7 Å². The van der Waals surface area contributed by atoms with Gasteiger partial charge in [-0.15, -0.1) is 0 Å². The summed E-state index contributed by atoms with van der Waals surface area (Å²) < 4.78 is 73.8. The summed E-state index contributed by atoms with van der Waals surface area (Å²) in [5.41, 5.74) is -1.98. The first-order valence-electron chi connectivity index (χ1n) is 35.9. The van der Waals surface area contributed by atoms with Gasteiger partial charge in [-0.25, -0.2) is 4.79 Å². The number of aldehydes is 1. The van der Waals surface area contributed by atoms with Crippen LogP contribution in [0.25, 0.3) is 6.08 Å². The first-order chi connectivity index (χ1) is 48.0. The molecule has 6 aliphatic carbocycles. The van der Waals surface area contributed by atoms with Crippen molar-refractivity contribution in [2.45, 2.75) is 274 Å². The number of rotatable bonds is 19. The topological polar surface area (TPSA) is 439 Å². The Hall–Kier alpha value is -4.55. The minimum absolute atomic E-state index is 0.124. The minimum Gasteiger partial charge on any atom is -0.465 e. The molecule has 11 rings (SSSR count). The van der Waals surface area contributed by atoms with Crippen molar-refractivity contribution in [2.24, 2.45) is 68.5 Å². The molecule has 26 unspecified atom stereocenters. The molecule has 1 aromatic carbocycles. The average Bonchev–Trinajstić information content (AvgIpc) is 0.676. The number of benzene rings is 1. The Kier molecular flexibility index (Phi) is 23.6. The summed E-state index contributed by atoms with van der Waals surface area (Å²) in [7, 11) is 0. The lowest BCUT2D eigenvalue weighted by Crippen LogP contribution is -2.69. The molecule has 0 aromatic heterocycles. The molecule has 29 nitrogen and oxygen atoms in total. The van der Waals surface area contributed by atoms with Crippen LogP contribution < -0.4 is 0 Å². The normalized spacial score (nSPS) is 49.2. The molecular formula is C73H106O29. The molecule has 102 heavy (non-hydrogen) atoms. The van der Waals surface area contributed by atoms with Crippen molar-refractivity contribution in [3.63, 3.8) is 0 Å². The Morgan fingerprint density at radius 2 is 1.28 bits per heavy atom. The van der Waals surface area contributed by atoms with Crippen molar-refractivity contribution < 1.29 is 142 Å². The lowest BCUT2D eigenvalue weighted by Gasteiger charge is -2.71. The molecule has 29 heteroatoms. The molecule has 4 aliphatic heterocycles. The molecule has 1 aromatic rings. The van der Waals surface area contributed by atoms with Crippen LogP contribution in [-0.2, 0) is 80.8 Å². The molecule has 12 N–H and O–H groups in total. The molecule has 0 bridgehead atoms. The van der Waals surface area contributed by atoms with Crippen LogP contribution in [0.2, 0.25) is 0 Å². The highest BCUT2D eigenvalue weighted by Gasteiger charge is 2.71. The number of fused-ring (bicyclic) bond motifs is 7. The zero-order chi connectivity index (χ0) is 74.2. The Labute approximate surface area is 592 Å². The third-order valence-electron chi connectivity index (χ3n) is 25.5. The fourth-order valence-corrected chi connectivity index (χ4v) is 19.9. The van der Waals surface area contributed by atoms with Gasteiger partial charge in [0.25, 0.3) is 6.47 Å². The first-order valence-corrected chi connectivity index (χ1v) is 35.9. The van der Waals surface area contributed by atoms with Crippen LogP contribution in [-0.4, -0.2) is 265 Å². The second-order valence-corrected chi connectivity index (χ2v) is 32.4. The molecule has 36 atom stereocenters. The van der Waals surface area contributed by atoms with Gasteiger partial charge in [-0.2, -0.15) is 0 Å². The molecule has 572 valence electrons. The number of aliphatic hydroxyl groups excluding tert-OH is 12. The van der Waals surface area contributed by atoms with Gasteiger partial charge >= 0.3 is 17.9 Å². The highest BCUT2D eigenvalue weighted by Crippen LogP contribution is 2.75. The number of hydrogen-bond acceptors (Lipinski definition) is 29. The highest BCUT2D eigenvalue weighted by atomic mass is 16.8. The van der Waals surface area contributed by atoms with E-state index in [0.717, 1.165) is 18.8 Å². The van der Waals surface area contributed by atoms with E-state index in [4.69, 9.17) is 56.8 Å². The molecule has 0 radical (unpaired) electrons. The van der Waals surface area contributed by atoms with Crippen LogP contribution in [0.3, 0.4) is 0 Å². The van der Waals surface area contributed by atoms with Gasteiger partial charge in [-0.05, 0) is 129 Å². The maximum Gasteiger partial charge on any atom is 0.331 e. The van der Waals surface area contributed by atoms with E-state index in [1.807, 2.05) is 19.1 Å². The van der Waals surface area contributed by atoms with Crippen molar-refractivity contribution in [3.05, 3.63) is 53.6 Å². The molecular weight excluding hydrogens is 1340 g/mol. The molecule has 5 saturated carbocycles. The highest BCUT2D eigenvalue weighted by molar-refractivity contribution is 5.87. The van der Waals surface area contributed by atoms with Crippen LogP contribution >= 0.6 is 0 Å². The fourth-order valence-electron chi connectivity index (χ4n) is 19.9. The van der Waals surface area contributed by atoms with Crippen LogP contribution in [0.15, 0.2) is 42.5 Å². The number of esters is 3. The number of aliphatic hydroxyl groups is 12. The third-order valence-corrected chi connectivity index (χ3v) is 25.5. The number of carbonyl (C=O) groups excluding carboxylic acids is 5. The number of ether oxygens (including phenoxy) is 12. The smallest absolute Gasteiger partial charge is 0.331 e. The van der Waals surface area contributed by atoms with E-state index in [1.165, 1.54) is 26.0 Å². The maximum absolute atomic E-state index is 15.5. The lowest BCUT2D eigenvalue weighted by atomic mass is 9.33. The van der Waals surface area contributed by atoms with Crippen LogP contribution in [0.5, 0.6) is 0 Å². The van der Waals surface area contributed by atoms with Gasteiger partial charge in [0.1, 0.15) is 86.1 Å². The van der Waals surface area contributed by atoms with Crippen molar-refractivity contribution in [2.75, 3.05) is 19.8 Å². The van der Waals surface area contributed by atoms with Gasteiger partial charge < -0.3 is 123 Å². The number of hydrogen-bond donors (Lipinski definition) is 12. The van der Waals surface area contributed by atoms with E-state index in [2.05, 4.69) is 46.8 Å². The summed E-state index contributed by atoms with van der Waals surface area (Å²) >= 11 is 0. The summed E-state index contributed by atoms with van der Waals surface area (Å²) in [6, 6.07) is 7.34. The van der Waals surface area contributed by atoms with Gasteiger partial charge in [-0.3, -0.25) is 14.4 Å². The molecule has 9 fully saturated rings. The number of aryl methyl sites for hydroxylation is 1. The fraction of sp³-hybridized carbons (Fsp3) is 0.795. The van der Waals surface area contributed by atoms with E-state index >= 15 is 4.79 Å². The third kappa shape index (κ3) is 14.6. The molecule has 4 heterocycles. The molecule has 4 saturated heterocycles. The van der Waals surface area contributed by atoms with E-state index in [0.29, 0.717) is 31.2 Å². The summed E-state index contributed by atoms with van der Waals surface area (Å²) in [6.07, 6.45) is -28.9. The molecule has 0 amide bonds. The van der Waals surface area contributed by atoms with Gasteiger partial charge in [-0.1, -0.05) is 83.5 Å². The lowest BCUT2D eigenvalue weighted by molar-refractivity contribution is -0.374. The zero-order valence-electron chi connectivity index (χ0n) is 59.3. The van der Waals surface area contributed by atoms with E-state index in [1.54, 1.807) is 19.1 Å². The SMILES string of the molecule is CC(=O)OC1C(OC(=O)/C=C/c2ccc(C)cc2)C(C)OC(OC(=O)[C@@H]2CC(C)(C)C[C@@H]3C2[C@H](O)C[C@]2(C)C3C=C[C@@H]3[C@@]4(C)CC[C@H](OC5OC(COC=O)C(O)C(OC6OCC(O)C(O)C6O)C5OC5CC(CO)C(O)C(O)C5O)[C@@](C)(C=O)[C@@H]4CC[C@]32C)C1OC1OC(C)C(O)C(O)C1O. The van der Waals surface area contributed by atoms with Crippen molar-refractivity contribution in [3.8, 4) is 0 Å². The predicted octanol–water partition coefficient (Wildman–Crippen LogP) is 0.333. The Bertz CT molecular complexity index is 3170. The van der Waals surface area contributed by atoms with Crippen LogP contribution in [0.1, 0.15) is 125 Å². The summed E-state index contributed by atoms with van der Waals surface area (Å²) in [4.78, 5) is 68.2. The second-order valence-electron chi connectivity index (χ2n) is 32.4. The summed E-state index contributed by atoms with van der Waals surface area (Å²) in [6.45, 7) is 16.9. The zero-order valence-corrected chi connectivity index (χ0v) is 59.3. The number of carbonyl (C=O) groups is 5. The van der Waals surface area contributed by atoms with E-state index in [-0.39, 0.29) is 49.9 Å². The minimum atomic E-state index is -1.89. The largest absolute Gasteiger partial charge is 0.465 e. The average molecular weight is 1450 g/mol. The van der Waals surface area contributed by atoms with Crippen molar-refractivity contribution in [1.82, 2.24) is 0 Å². The summed E-state index contributed by atoms with van der Waals surface area (Å²) in [5.74, 6) is -6.27. The standard InChI is InChI=1S/C73H106O29/c1-32-11-13-36(14-12-32)15-18-48(80)99-59-34(3)94-67(63(61(59)95-35(4)77)101-66-58(89)55(86)50(81)33(2)93-66)102-64(90)39-25-69(5,6)24-38-40-16-17-46-70(7)21-20-47(71(8,30-75)45(70)19-22-72(46,9)73(40,10)26-41(78)49(38)39)98-68-62(96-43-23-37(27-74)51(82)56(87)53(43)84)60(54(85)44(97-68)29-91-31-76)100-65-57(88)52(83)42(79)28-92-65/h11-18,30-31,33-34,37-47,49-63,65-68,74,78-79,81-89H,19-29H2,1-10H3/b18-15+/t33?,34?,37?,38-,39+,40?,41+,42?,43?,44?,45+,46+,47-,49?,50?,51?,52?,53?,54?,55?,56?,57?,58?,59?,60?,61?,62?,63?,65?,66?,67?,68?,70-,71-,72+,73+/m0/s1. The van der Waals surface area contributed by atoms with Gasteiger partial charge in [0.05, 0.1) is 54.6 Å². The second kappa shape index (κ2) is 30.6. The van der Waals surface area contributed by atoms with Crippen LogP contribution in [0.4, 0.5) is 0 Å². The quantitative estimate of drug-likeness (QED) is 0.0222. The molecule has 0 spiro atoms. The van der Waals surface area contributed by atoms with E-state index in [9.17, 15) is 80.5 Å². The Morgan fingerprint density at radius 3 is 1.96 bits per heavy atom.